The molecule has 0 radical (unpaired) electrons. The Hall–Kier alpha value is -4.24. The molecular weight excluding hydrogens is 549 g/mol. The Morgan fingerprint density at radius 1 is 1.02 bits per heavy atom. The zero-order valence-corrected chi connectivity index (χ0v) is 24.1. The number of piperazine rings is 1. The van der Waals surface area contributed by atoms with Crippen LogP contribution in [0.15, 0.2) is 48.8 Å². The van der Waals surface area contributed by atoms with Crippen molar-refractivity contribution in [2.45, 2.75) is 24.7 Å². The van der Waals surface area contributed by atoms with Crippen LogP contribution in [0, 0.1) is 11.3 Å². The molecule has 0 spiro atoms. The van der Waals surface area contributed by atoms with Crippen LogP contribution in [0.5, 0.6) is 11.5 Å². The number of methoxy groups -OCH3 is 1. The van der Waals surface area contributed by atoms with Crippen LogP contribution >= 0.6 is 0 Å². The molecule has 0 bridgehead atoms. The lowest BCUT2D eigenvalue weighted by Gasteiger charge is -2.43. The van der Waals surface area contributed by atoms with Gasteiger partial charge >= 0.3 is 0 Å². The first-order chi connectivity index (χ1) is 21.1. The predicted molar refractivity (Wildman–Crippen MR) is 161 cm³/mol. The topological polar surface area (TPSA) is 112 Å². The highest BCUT2D eigenvalue weighted by Crippen LogP contribution is 2.37. The minimum absolute atomic E-state index is 0.252. The maximum absolute atomic E-state index is 14.3. The molecule has 3 aliphatic rings. The molecule has 3 aliphatic heterocycles. The summed E-state index contributed by atoms with van der Waals surface area (Å²) in [7, 11) is 1.71. The van der Waals surface area contributed by atoms with E-state index in [1.54, 1.807) is 19.2 Å². The van der Waals surface area contributed by atoms with Crippen molar-refractivity contribution in [3.8, 4) is 40.1 Å². The highest BCUT2D eigenvalue weighted by atomic mass is 19.1. The molecule has 43 heavy (non-hydrogen) atoms. The van der Waals surface area contributed by atoms with Crippen LogP contribution in [0.3, 0.4) is 0 Å². The predicted octanol–water partition coefficient (Wildman–Crippen LogP) is 3.77. The standard InChI is InChI=1S/C32H34FN7O3/c1-41-30-13-20(2-4-27(30)40-10-8-39(9-11-40)23-17-42-18-23)26-14-24-31(36-19-37-32(24)38-26)21-3-5-28(22(12-21)15-34)43-29-6-7-35-16-25(29)33/h2-5,12-14,19,23,25,29,35H,6-11,16-18H2,1H3,(H,36,37,38)/t25-,29-/m0/s1. The number of nitriles is 1. The number of halogens is 1. The second-order valence-electron chi connectivity index (χ2n) is 11.3. The second-order valence-corrected chi connectivity index (χ2v) is 11.3. The van der Waals surface area contributed by atoms with Crippen LogP contribution in [-0.4, -0.2) is 97.8 Å². The van der Waals surface area contributed by atoms with Gasteiger partial charge in [-0.2, -0.15) is 5.26 Å². The summed E-state index contributed by atoms with van der Waals surface area (Å²) < 4.78 is 31.5. The highest BCUT2D eigenvalue weighted by molar-refractivity contribution is 5.94. The Morgan fingerprint density at radius 3 is 2.60 bits per heavy atom. The van der Waals surface area contributed by atoms with E-state index < -0.39 is 12.3 Å². The van der Waals surface area contributed by atoms with Gasteiger partial charge in [-0.3, -0.25) is 4.90 Å². The molecule has 0 aliphatic carbocycles. The van der Waals surface area contributed by atoms with Gasteiger partial charge in [0.25, 0.3) is 0 Å². The number of aromatic nitrogens is 3. The number of nitrogens with one attached hydrogen (secondary N) is 2. The van der Waals surface area contributed by atoms with Crippen molar-refractivity contribution < 1.29 is 18.6 Å². The van der Waals surface area contributed by atoms with E-state index in [4.69, 9.17) is 14.2 Å². The van der Waals surface area contributed by atoms with Gasteiger partial charge in [0.2, 0.25) is 0 Å². The Balaban J connectivity index is 1.14. The number of hydrogen-bond donors (Lipinski definition) is 2. The first kappa shape index (κ1) is 27.6. The Bertz CT molecular complexity index is 1660. The average molecular weight is 584 g/mol. The normalized spacial score (nSPS) is 21.4. The number of ether oxygens (including phenoxy) is 3. The first-order valence-electron chi connectivity index (χ1n) is 14.8. The maximum atomic E-state index is 14.3. The second kappa shape index (κ2) is 11.8. The summed E-state index contributed by atoms with van der Waals surface area (Å²) in [6.45, 7) is 6.52. The number of rotatable bonds is 7. The van der Waals surface area contributed by atoms with Crippen molar-refractivity contribution >= 4 is 16.7 Å². The number of benzene rings is 2. The molecule has 222 valence electrons. The van der Waals surface area contributed by atoms with Crippen LogP contribution in [0.4, 0.5) is 10.1 Å². The third-order valence-corrected chi connectivity index (χ3v) is 8.71. The van der Waals surface area contributed by atoms with Crippen molar-refractivity contribution in [1.29, 1.82) is 5.26 Å². The highest BCUT2D eigenvalue weighted by Gasteiger charge is 2.30. The molecule has 2 aromatic carbocycles. The van der Waals surface area contributed by atoms with E-state index in [-0.39, 0.29) is 6.54 Å². The SMILES string of the molecule is COc1cc(-c2cc3c(-c4ccc(O[C@H]5CCNC[C@@H]5F)c(C#N)c4)ncnc3[nH]2)ccc1N1CCN(C2COC2)CC1. The molecule has 0 amide bonds. The van der Waals surface area contributed by atoms with Crippen LogP contribution < -0.4 is 19.7 Å². The summed E-state index contributed by atoms with van der Waals surface area (Å²) in [6, 6.07) is 16.4. The Kier molecular flexibility index (Phi) is 7.57. The van der Waals surface area contributed by atoms with Gasteiger partial charge in [-0.1, -0.05) is 6.07 Å². The summed E-state index contributed by atoms with van der Waals surface area (Å²) >= 11 is 0. The summed E-state index contributed by atoms with van der Waals surface area (Å²) in [5.41, 5.74) is 5.42. The number of hydrogen-bond acceptors (Lipinski definition) is 9. The molecular formula is C32H34FN7O3. The monoisotopic (exact) mass is 583 g/mol. The summed E-state index contributed by atoms with van der Waals surface area (Å²) in [6.07, 6.45) is 0.360. The molecule has 0 saturated carbocycles. The van der Waals surface area contributed by atoms with Crippen molar-refractivity contribution in [1.82, 2.24) is 25.2 Å². The molecule has 2 N–H and O–H groups in total. The molecule has 4 aromatic rings. The van der Waals surface area contributed by atoms with Crippen LogP contribution in [0.2, 0.25) is 0 Å². The lowest BCUT2D eigenvalue weighted by molar-refractivity contribution is -0.0660. The molecule has 0 unspecified atom stereocenters. The number of alkyl halides is 1. The fourth-order valence-electron chi connectivity index (χ4n) is 6.15. The smallest absolute Gasteiger partial charge is 0.149 e. The zero-order valence-electron chi connectivity index (χ0n) is 24.1. The Morgan fingerprint density at radius 2 is 1.86 bits per heavy atom. The van der Waals surface area contributed by atoms with Gasteiger partial charge in [0.1, 0.15) is 41.8 Å². The Labute approximate surface area is 249 Å². The van der Waals surface area contributed by atoms with E-state index in [9.17, 15) is 9.65 Å². The van der Waals surface area contributed by atoms with E-state index in [2.05, 4.69) is 54.3 Å². The van der Waals surface area contributed by atoms with E-state index >= 15 is 0 Å². The van der Waals surface area contributed by atoms with Gasteiger partial charge in [0.05, 0.1) is 43.3 Å². The van der Waals surface area contributed by atoms with Gasteiger partial charge in [-0.15, -0.1) is 0 Å². The summed E-state index contributed by atoms with van der Waals surface area (Å²) in [4.78, 5) is 17.4. The first-order valence-corrected chi connectivity index (χ1v) is 14.8. The van der Waals surface area contributed by atoms with Crippen LogP contribution in [-0.2, 0) is 4.74 Å². The molecule has 7 rings (SSSR count). The lowest BCUT2D eigenvalue weighted by atomic mass is 10.0. The van der Waals surface area contributed by atoms with Gasteiger partial charge < -0.3 is 29.4 Å². The summed E-state index contributed by atoms with van der Waals surface area (Å²) in [5.74, 6) is 1.20. The van der Waals surface area contributed by atoms with Crippen molar-refractivity contribution in [3.63, 3.8) is 0 Å². The fraction of sp³-hybridized carbons (Fsp3) is 0.406. The fourth-order valence-corrected chi connectivity index (χ4v) is 6.15. The minimum Gasteiger partial charge on any atom is -0.495 e. The third-order valence-electron chi connectivity index (χ3n) is 8.71. The van der Waals surface area contributed by atoms with Crippen molar-refractivity contribution in [2.75, 3.05) is 64.5 Å². The van der Waals surface area contributed by atoms with Crippen LogP contribution in [0.25, 0.3) is 33.5 Å². The molecule has 3 saturated heterocycles. The number of nitrogens with zero attached hydrogens (tertiary/aromatic N) is 5. The van der Waals surface area contributed by atoms with Gasteiger partial charge in [0, 0.05) is 54.9 Å². The molecule has 10 nitrogen and oxygen atoms in total. The largest absolute Gasteiger partial charge is 0.495 e. The summed E-state index contributed by atoms with van der Waals surface area (Å²) in [5, 5.41) is 13.7. The minimum atomic E-state index is -1.12. The lowest BCUT2D eigenvalue weighted by Crippen LogP contribution is -2.56. The van der Waals surface area contributed by atoms with E-state index in [0.717, 1.165) is 73.0 Å². The molecule has 5 heterocycles. The van der Waals surface area contributed by atoms with Crippen molar-refractivity contribution in [3.05, 3.63) is 54.4 Å². The number of H-pyrrole nitrogens is 1. The van der Waals surface area contributed by atoms with Gasteiger partial charge in [-0.05, 0) is 49.4 Å². The number of anilines is 1. The quantitative estimate of drug-likeness (QED) is 0.336. The number of piperidine rings is 1. The average Bonchev–Trinajstić information content (AvgIpc) is 3.46. The van der Waals surface area contributed by atoms with E-state index in [1.165, 1.54) is 6.33 Å². The van der Waals surface area contributed by atoms with Crippen molar-refractivity contribution in [2.24, 2.45) is 0 Å². The maximum Gasteiger partial charge on any atom is 0.149 e. The number of fused-ring (bicyclic) bond motifs is 1. The molecule has 2 aromatic heterocycles. The third kappa shape index (κ3) is 5.38. The van der Waals surface area contributed by atoms with Crippen LogP contribution in [0.1, 0.15) is 12.0 Å². The van der Waals surface area contributed by atoms with Gasteiger partial charge in [0.15, 0.2) is 0 Å². The molecule has 11 heteroatoms. The zero-order chi connectivity index (χ0) is 29.3. The van der Waals surface area contributed by atoms with E-state index in [1.807, 2.05) is 12.1 Å². The number of aromatic amines is 1. The molecule has 2 atom stereocenters. The molecule has 3 fully saturated rings. The van der Waals surface area contributed by atoms with E-state index in [0.29, 0.717) is 41.7 Å². The van der Waals surface area contributed by atoms with Gasteiger partial charge in [-0.25, -0.2) is 14.4 Å².